The number of anilines is 1. The highest BCUT2D eigenvalue weighted by molar-refractivity contribution is 7.89. The molecule has 0 spiro atoms. The number of nitrogens with zero attached hydrogens (tertiary/aromatic N) is 2. The molecule has 1 aromatic heterocycles. The van der Waals surface area contributed by atoms with Crippen molar-refractivity contribution in [3.05, 3.63) is 59.6 Å². The van der Waals surface area contributed by atoms with Crippen LogP contribution in [0.4, 0.5) is 5.69 Å². The van der Waals surface area contributed by atoms with Crippen LogP contribution in [0.15, 0.2) is 58.8 Å². The standard InChI is InChI=1S/C20H20N4O5S2/c1-12(2)18(20(26)27)23-31(28,29)16-9-5-14(6-10-16)13-3-7-15(8-4-13)21-19(25)17-11-30-24-22-17/h3-12,18,23H,1-2H3,(H,21,25)(H,26,27)/t18-/m0/s1. The Labute approximate surface area is 183 Å². The van der Waals surface area contributed by atoms with Crippen LogP contribution >= 0.6 is 11.5 Å². The van der Waals surface area contributed by atoms with Crippen LogP contribution in [-0.2, 0) is 14.8 Å². The number of rotatable bonds is 8. The molecule has 0 saturated heterocycles. The van der Waals surface area contributed by atoms with Crippen LogP contribution < -0.4 is 10.0 Å². The first-order valence-electron chi connectivity index (χ1n) is 9.21. The van der Waals surface area contributed by atoms with Gasteiger partial charge >= 0.3 is 5.97 Å². The van der Waals surface area contributed by atoms with Gasteiger partial charge in [0, 0.05) is 11.1 Å². The van der Waals surface area contributed by atoms with Gasteiger partial charge in [-0.2, -0.15) is 4.72 Å². The number of carbonyl (C=O) groups excluding carboxylic acids is 1. The minimum atomic E-state index is -3.98. The number of carboxylic acids is 1. The Hall–Kier alpha value is -3.15. The summed E-state index contributed by atoms with van der Waals surface area (Å²) in [6.07, 6.45) is 0. The Balaban J connectivity index is 1.72. The second kappa shape index (κ2) is 9.33. The molecule has 0 aliphatic carbocycles. The lowest BCUT2D eigenvalue weighted by Gasteiger charge is -2.18. The highest BCUT2D eigenvalue weighted by atomic mass is 32.2. The maximum atomic E-state index is 12.5. The van der Waals surface area contributed by atoms with Gasteiger partial charge in [0.25, 0.3) is 5.91 Å². The lowest BCUT2D eigenvalue weighted by Crippen LogP contribution is -2.44. The molecule has 9 nitrogen and oxygen atoms in total. The number of nitrogens with one attached hydrogen (secondary N) is 2. The minimum Gasteiger partial charge on any atom is -0.480 e. The van der Waals surface area contributed by atoms with Gasteiger partial charge in [-0.15, -0.1) is 5.10 Å². The van der Waals surface area contributed by atoms with Gasteiger partial charge in [0.2, 0.25) is 10.0 Å². The SMILES string of the molecule is CC(C)[C@H](NS(=O)(=O)c1ccc(-c2ccc(NC(=O)c3csnn3)cc2)cc1)C(=O)O. The summed E-state index contributed by atoms with van der Waals surface area (Å²) in [4.78, 5) is 23.3. The number of aliphatic carboxylic acids is 1. The van der Waals surface area contributed by atoms with Crippen molar-refractivity contribution in [2.24, 2.45) is 5.92 Å². The predicted octanol–water partition coefficient (Wildman–Crippen LogP) is 2.84. The molecule has 3 rings (SSSR count). The zero-order valence-electron chi connectivity index (χ0n) is 16.6. The van der Waals surface area contributed by atoms with Crippen molar-refractivity contribution in [2.45, 2.75) is 24.8 Å². The molecule has 11 heteroatoms. The monoisotopic (exact) mass is 460 g/mol. The number of hydrogen-bond donors (Lipinski definition) is 3. The van der Waals surface area contributed by atoms with E-state index in [1.165, 1.54) is 12.1 Å². The lowest BCUT2D eigenvalue weighted by atomic mass is 10.1. The van der Waals surface area contributed by atoms with E-state index in [-0.39, 0.29) is 16.5 Å². The van der Waals surface area contributed by atoms with E-state index in [0.717, 1.165) is 22.7 Å². The largest absolute Gasteiger partial charge is 0.480 e. The van der Waals surface area contributed by atoms with Gasteiger partial charge in [-0.1, -0.05) is 42.6 Å². The Morgan fingerprint density at radius 1 is 1.00 bits per heavy atom. The van der Waals surface area contributed by atoms with Gasteiger partial charge in [0.05, 0.1) is 4.90 Å². The van der Waals surface area contributed by atoms with Crippen molar-refractivity contribution in [3.63, 3.8) is 0 Å². The molecule has 0 aliphatic heterocycles. The summed E-state index contributed by atoms with van der Waals surface area (Å²) in [6.45, 7) is 3.26. The number of hydrogen-bond acceptors (Lipinski definition) is 7. The Bertz CT molecular complexity index is 1160. The summed E-state index contributed by atoms with van der Waals surface area (Å²) in [6, 6.07) is 11.9. The van der Waals surface area contributed by atoms with E-state index in [4.69, 9.17) is 0 Å². The van der Waals surface area contributed by atoms with Crippen molar-refractivity contribution < 1.29 is 23.1 Å². The van der Waals surface area contributed by atoms with Gasteiger partial charge in [0.15, 0.2) is 5.69 Å². The zero-order valence-corrected chi connectivity index (χ0v) is 18.3. The quantitative estimate of drug-likeness (QED) is 0.470. The average molecular weight is 461 g/mol. The summed E-state index contributed by atoms with van der Waals surface area (Å²) < 4.78 is 30.9. The van der Waals surface area contributed by atoms with Gasteiger partial charge in [-0.3, -0.25) is 9.59 Å². The fourth-order valence-electron chi connectivity index (χ4n) is 2.74. The molecule has 0 radical (unpaired) electrons. The first-order chi connectivity index (χ1) is 14.7. The van der Waals surface area contributed by atoms with Crippen molar-refractivity contribution in [1.29, 1.82) is 0 Å². The number of sulfonamides is 1. The second-order valence-corrected chi connectivity index (χ2v) is 9.35. The first-order valence-corrected chi connectivity index (χ1v) is 11.5. The maximum absolute atomic E-state index is 12.5. The normalized spacial score (nSPS) is 12.5. The molecule has 3 aromatic rings. The average Bonchev–Trinajstić information content (AvgIpc) is 3.27. The molecular formula is C20H20N4O5S2. The summed E-state index contributed by atoms with van der Waals surface area (Å²) in [5.41, 5.74) is 2.40. The van der Waals surface area contributed by atoms with Gasteiger partial charge in [0.1, 0.15) is 6.04 Å². The van der Waals surface area contributed by atoms with Crippen molar-refractivity contribution >= 4 is 39.1 Å². The third-order valence-electron chi connectivity index (χ3n) is 4.45. The molecule has 162 valence electrons. The Morgan fingerprint density at radius 2 is 1.58 bits per heavy atom. The van der Waals surface area contributed by atoms with Crippen LogP contribution in [0.25, 0.3) is 11.1 Å². The van der Waals surface area contributed by atoms with Crippen LogP contribution in [0.1, 0.15) is 24.3 Å². The Kier molecular flexibility index (Phi) is 6.78. The molecular weight excluding hydrogens is 440 g/mol. The molecule has 1 atom stereocenters. The molecule has 1 amide bonds. The molecule has 31 heavy (non-hydrogen) atoms. The van der Waals surface area contributed by atoms with Crippen molar-refractivity contribution in [3.8, 4) is 11.1 Å². The molecule has 3 N–H and O–H groups in total. The molecule has 0 bridgehead atoms. The zero-order chi connectivity index (χ0) is 22.6. The van der Waals surface area contributed by atoms with E-state index in [2.05, 4.69) is 19.6 Å². The van der Waals surface area contributed by atoms with Crippen molar-refractivity contribution in [1.82, 2.24) is 14.3 Å². The molecule has 0 saturated carbocycles. The van der Waals surface area contributed by atoms with E-state index in [9.17, 15) is 23.1 Å². The highest BCUT2D eigenvalue weighted by Gasteiger charge is 2.27. The smallest absolute Gasteiger partial charge is 0.322 e. The summed E-state index contributed by atoms with van der Waals surface area (Å²) in [7, 11) is -3.98. The molecule has 0 unspecified atom stereocenters. The predicted molar refractivity (Wildman–Crippen MR) is 116 cm³/mol. The fourth-order valence-corrected chi connectivity index (χ4v) is 4.51. The van der Waals surface area contributed by atoms with Crippen molar-refractivity contribution in [2.75, 3.05) is 5.32 Å². The molecule has 0 aliphatic rings. The summed E-state index contributed by atoms with van der Waals surface area (Å²) in [5, 5.41) is 17.2. The fraction of sp³-hybridized carbons (Fsp3) is 0.200. The minimum absolute atomic E-state index is 0.0242. The number of carbonyl (C=O) groups is 2. The van der Waals surface area contributed by atoms with Crippen LogP contribution in [0, 0.1) is 5.92 Å². The summed E-state index contributed by atoms with van der Waals surface area (Å²) in [5.74, 6) is -1.99. The van der Waals surface area contributed by atoms with E-state index in [1.54, 1.807) is 55.6 Å². The van der Waals surface area contributed by atoms with Gasteiger partial charge in [-0.25, -0.2) is 8.42 Å². The second-order valence-electron chi connectivity index (χ2n) is 7.03. The van der Waals surface area contributed by atoms with E-state index < -0.39 is 28.0 Å². The van der Waals surface area contributed by atoms with Crippen LogP contribution in [-0.4, -0.2) is 41.0 Å². The topological polar surface area (TPSA) is 138 Å². The third kappa shape index (κ3) is 5.51. The van der Waals surface area contributed by atoms with Gasteiger partial charge < -0.3 is 10.4 Å². The highest BCUT2D eigenvalue weighted by Crippen LogP contribution is 2.23. The number of amides is 1. The molecule has 0 fully saturated rings. The van der Waals surface area contributed by atoms with Crippen LogP contribution in [0.3, 0.4) is 0 Å². The Morgan fingerprint density at radius 3 is 2.06 bits per heavy atom. The van der Waals surface area contributed by atoms with Crippen LogP contribution in [0.2, 0.25) is 0 Å². The third-order valence-corrected chi connectivity index (χ3v) is 6.41. The van der Waals surface area contributed by atoms with E-state index in [1.807, 2.05) is 0 Å². The number of benzene rings is 2. The molecule has 1 heterocycles. The van der Waals surface area contributed by atoms with Crippen LogP contribution in [0.5, 0.6) is 0 Å². The van der Waals surface area contributed by atoms with E-state index in [0.29, 0.717) is 5.69 Å². The molecule has 2 aromatic carbocycles. The number of carboxylic acid groups (broad SMARTS) is 1. The van der Waals surface area contributed by atoms with Gasteiger partial charge in [-0.05, 0) is 52.8 Å². The summed E-state index contributed by atoms with van der Waals surface area (Å²) >= 11 is 1.09. The number of aromatic nitrogens is 2. The first kappa shape index (κ1) is 22.5. The maximum Gasteiger partial charge on any atom is 0.322 e. The lowest BCUT2D eigenvalue weighted by molar-refractivity contribution is -0.140. The van der Waals surface area contributed by atoms with E-state index >= 15 is 0 Å².